The third-order valence-electron chi connectivity index (χ3n) is 3.19. The van der Waals surface area contributed by atoms with Gasteiger partial charge in [0.05, 0.1) is 5.92 Å². The first-order valence-corrected chi connectivity index (χ1v) is 4.53. The van der Waals surface area contributed by atoms with Crippen molar-refractivity contribution in [3.8, 4) is 0 Å². The second-order valence-corrected chi connectivity index (χ2v) is 3.83. The van der Waals surface area contributed by atoms with Gasteiger partial charge in [-0.2, -0.15) is 0 Å². The van der Waals surface area contributed by atoms with Gasteiger partial charge in [0.15, 0.2) is 0 Å². The highest BCUT2D eigenvalue weighted by Crippen LogP contribution is 2.54. The van der Waals surface area contributed by atoms with Crippen molar-refractivity contribution in [1.82, 2.24) is 0 Å². The van der Waals surface area contributed by atoms with Crippen LogP contribution < -0.4 is 0 Å². The molecule has 2 nitrogen and oxygen atoms in total. The molecule has 1 N–H and O–H groups in total. The molecule has 2 fully saturated rings. The summed E-state index contributed by atoms with van der Waals surface area (Å²) in [5.41, 5.74) is 0. The first kappa shape index (κ1) is 7.14. The summed E-state index contributed by atoms with van der Waals surface area (Å²) in [6.45, 7) is 0. The van der Waals surface area contributed by atoms with Crippen molar-refractivity contribution in [2.24, 2.45) is 17.8 Å². The Kier molecular flexibility index (Phi) is 1.63. The fourth-order valence-electron chi connectivity index (χ4n) is 2.54. The van der Waals surface area contributed by atoms with Gasteiger partial charge in [0.2, 0.25) is 0 Å². The van der Waals surface area contributed by atoms with Gasteiger partial charge in [-0.15, -0.1) is 0 Å². The highest BCUT2D eigenvalue weighted by Gasteiger charge is 2.54. The highest BCUT2D eigenvalue weighted by atomic mass is 16.4. The molecule has 11 heavy (non-hydrogen) atoms. The maximum atomic E-state index is 10.6. The van der Waals surface area contributed by atoms with Gasteiger partial charge in [-0.1, -0.05) is 19.3 Å². The number of carboxylic acids is 1. The van der Waals surface area contributed by atoms with Crippen molar-refractivity contribution in [2.45, 2.75) is 32.1 Å². The van der Waals surface area contributed by atoms with Crippen LogP contribution in [-0.4, -0.2) is 11.1 Å². The maximum Gasteiger partial charge on any atom is 0.307 e. The van der Waals surface area contributed by atoms with Crippen LogP contribution in [0.2, 0.25) is 0 Å². The number of carbonyl (C=O) groups is 1. The number of hydrogen-bond donors (Lipinski definition) is 1. The molecule has 0 aromatic carbocycles. The van der Waals surface area contributed by atoms with Crippen LogP contribution in [0.4, 0.5) is 0 Å². The lowest BCUT2D eigenvalue weighted by Crippen LogP contribution is -2.01. The molecule has 62 valence electrons. The lowest BCUT2D eigenvalue weighted by Gasteiger charge is -1.96. The highest BCUT2D eigenvalue weighted by molar-refractivity contribution is 5.74. The van der Waals surface area contributed by atoms with E-state index in [0.717, 1.165) is 0 Å². The molecule has 0 aromatic heterocycles. The third kappa shape index (κ3) is 1.15. The van der Waals surface area contributed by atoms with Crippen LogP contribution in [-0.2, 0) is 4.79 Å². The van der Waals surface area contributed by atoms with E-state index in [9.17, 15) is 4.79 Å². The Bertz CT molecular complexity index is 164. The molecule has 2 saturated carbocycles. The molecule has 0 amide bonds. The Morgan fingerprint density at radius 2 is 1.64 bits per heavy atom. The fourth-order valence-corrected chi connectivity index (χ4v) is 2.54. The van der Waals surface area contributed by atoms with Gasteiger partial charge in [0.25, 0.3) is 0 Å². The summed E-state index contributed by atoms with van der Waals surface area (Å²) in [4.78, 5) is 10.6. The SMILES string of the molecule is O=C(O)C1[C@H]2CCCCC[C@@H]12. The minimum absolute atomic E-state index is 0.0373. The molecule has 2 aliphatic carbocycles. The number of hydrogen-bond acceptors (Lipinski definition) is 1. The molecule has 2 heteroatoms. The zero-order valence-corrected chi connectivity index (χ0v) is 6.62. The van der Waals surface area contributed by atoms with Gasteiger partial charge in [-0.05, 0) is 24.7 Å². The van der Waals surface area contributed by atoms with Crippen molar-refractivity contribution in [1.29, 1.82) is 0 Å². The molecule has 0 saturated heterocycles. The monoisotopic (exact) mass is 154 g/mol. The van der Waals surface area contributed by atoms with Crippen molar-refractivity contribution in [3.63, 3.8) is 0 Å². The molecule has 0 aliphatic heterocycles. The minimum atomic E-state index is -0.554. The zero-order chi connectivity index (χ0) is 7.84. The largest absolute Gasteiger partial charge is 0.481 e. The van der Waals surface area contributed by atoms with E-state index < -0.39 is 5.97 Å². The van der Waals surface area contributed by atoms with E-state index in [0.29, 0.717) is 11.8 Å². The molecule has 0 aromatic rings. The molecule has 3 atom stereocenters. The number of rotatable bonds is 1. The van der Waals surface area contributed by atoms with Gasteiger partial charge in [0.1, 0.15) is 0 Å². The van der Waals surface area contributed by atoms with E-state index in [2.05, 4.69) is 0 Å². The average Bonchev–Trinajstić information content (AvgIpc) is 2.57. The van der Waals surface area contributed by atoms with Crippen LogP contribution in [0.3, 0.4) is 0 Å². The smallest absolute Gasteiger partial charge is 0.307 e. The van der Waals surface area contributed by atoms with Gasteiger partial charge < -0.3 is 5.11 Å². The fraction of sp³-hybridized carbons (Fsp3) is 0.889. The van der Waals surface area contributed by atoms with Gasteiger partial charge in [-0.3, -0.25) is 4.79 Å². The van der Waals surface area contributed by atoms with E-state index in [4.69, 9.17) is 5.11 Å². The van der Waals surface area contributed by atoms with Crippen molar-refractivity contribution < 1.29 is 9.90 Å². The Morgan fingerprint density at radius 1 is 1.09 bits per heavy atom. The van der Waals surface area contributed by atoms with E-state index in [1.807, 2.05) is 0 Å². The molecule has 0 heterocycles. The van der Waals surface area contributed by atoms with E-state index in [1.165, 1.54) is 32.1 Å². The normalized spacial score (nSPS) is 42.4. The van der Waals surface area contributed by atoms with Gasteiger partial charge in [-0.25, -0.2) is 0 Å². The first-order chi connectivity index (χ1) is 5.30. The second kappa shape index (κ2) is 2.50. The van der Waals surface area contributed by atoms with E-state index >= 15 is 0 Å². The van der Waals surface area contributed by atoms with Crippen LogP contribution in [0, 0.1) is 17.8 Å². The number of fused-ring (bicyclic) bond motifs is 1. The second-order valence-electron chi connectivity index (χ2n) is 3.83. The predicted molar refractivity (Wildman–Crippen MR) is 41.2 cm³/mol. The summed E-state index contributed by atoms with van der Waals surface area (Å²) < 4.78 is 0. The van der Waals surface area contributed by atoms with Gasteiger partial charge in [0, 0.05) is 0 Å². The van der Waals surface area contributed by atoms with Gasteiger partial charge >= 0.3 is 5.97 Å². The summed E-state index contributed by atoms with van der Waals surface area (Å²) in [7, 11) is 0. The van der Waals surface area contributed by atoms with Crippen LogP contribution in [0.1, 0.15) is 32.1 Å². The van der Waals surface area contributed by atoms with Crippen molar-refractivity contribution in [2.75, 3.05) is 0 Å². The molecule has 0 spiro atoms. The van der Waals surface area contributed by atoms with E-state index in [1.54, 1.807) is 0 Å². The van der Waals surface area contributed by atoms with E-state index in [-0.39, 0.29) is 5.92 Å². The lowest BCUT2D eigenvalue weighted by atomic mass is 10.1. The van der Waals surface area contributed by atoms with Crippen molar-refractivity contribution in [3.05, 3.63) is 0 Å². The molecule has 0 radical (unpaired) electrons. The first-order valence-electron chi connectivity index (χ1n) is 4.53. The van der Waals surface area contributed by atoms with Crippen LogP contribution in [0.25, 0.3) is 0 Å². The average molecular weight is 154 g/mol. The molecule has 1 unspecified atom stereocenters. The van der Waals surface area contributed by atoms with Crippen LogP contribution >= 0.6 is 0 Å². The Labute approximate surface area is 66.6 Å². The molecular formula is C9H14O2. The molecule has 2 rings (SSSR count). The lowest BCUT2D eigenvalue weighted by molar-refractivity contribution is -0.139. The van der Waals surface area contributed by atoms with Crippen LogP contribution in [0.15, 0.2) is 0 Å². The quantitative estimate of drug-likeness (QED) is 0.626. The summed E-state index contributed by atoms with van der Waals surface area (Å²) in [6, 6.07) is 0. The standard InChI is InChI=1S/C9H14O2/c10-9(11)8-6-4-2-1-3-5-7(6)8/h6-8H,1-5H2,(H,10,11)/t6-,7+,8?. The predicted octanol–water partition coefficient (Wildman–Crippen LogP) is 1.90. The maximum absolute atomic E-state index is 10.6. The molecule has 2 aliphatic rings. The molecule has 0 bridgehead atoms. The number of aliphatic carboxylic acids is 1. The van der Waals surface area contributed by atoms with Crippen molar-refractivity contribution >= 4 is 5.97 Å². The number of carboxylic acid groups (broad SMARTS) is 1. The Balaban J connectivity index is 1.96. The summed E-state index contributed by atoms with van der Waals surface area (Å²) in [5.74, 6) is 0.585. The summed E-state index contributed by atoms with van der Waals surface area (Å²) in [5, 5.41) is 8.78. The topological polar surface area (TPSA) is 37.3 Å². The third-order valence-corrected chi connectivity index (χ3v) is 3.19. The molecular weight excluding hydrogens is 140 g/mol. The van der Waals surface area contributed by atoms with Crippen LogP contribution in [0.5, 0.6) is 0 Å². The Hall–Kier alpha value is -0.530. The minimum Gasteiger partial charge on any atom is -0.481 e. The summed E-state index contributed by atoms with van der Waals surface area (Å²) in [6.07, 6.45) is 6.17. The zero-order valence-electron chi connectivity index (χ0n) is 6.62. The summed E-state index contributed by atoms with van der Waals surface area (Å²) >= 11 is 0. The Morgan fingerprint density at radius 3 is 2.09 bits per heavy atom.